The fraction of sp³-hybridized carbons (Fsp3) is 0.769. The van der Waals surface area contributed by atoms with Crippen LogP contribution in [0.2, 0.25) is 0 Å². The predicted octanol–water partition coefficient (Wildman–Crippen LogP) is 2.54. The van der Waals surface area contributed by atoms with Gasteiger partial charge in [-0.05, 0) is 38.0 Å². The Kier molecular flexibility index (Phi) is 4.14. The molecule has 0 amide bonds. The molecule has 2 rings (SSSR count). The number of carbonyl (C=O) groups is 1. The number of halogens is 2. The van der Waals surface area contributed by atoms with Crippen LogP contribution in [0.3, 0.4) is 0 Å². The Bertz CT molecular complexity index is 569. The van der Waals surface area contributed by atoms with Crippen LogP contribution in [0.15, 0.2) is 11.6 Å². The van der Waals surface area contributed by atoms with Crippen LogP contribution in [0.1, 0.15) is 39.0 Å². The van der Waals surface area contributed by atoms with Gasteiger partial charge in [0, 0.05) is 0 Å². The van der Waals surface area contributed by atoms with Gasteiger partial charge < -0.3 is 4.74 Å². The van der Waals surface area contributed by atoms with Gasteiger partial charge in [0.05, 0.1) is 5.41 Å². The van der Waals surface area contributed by atoms with Crippen LogP contribution in [0.5, 0.6) is 0 Å². The number of allylic oxidation sites excluding steroid dienone is 2. The molecule has 2 aliphatic carbocycles. The third-order valence-corrected chi connectivity index (χ3v) is 5.01. The monoisotopic (exact) mass is 324 g/mol. The quantitative estimate of drug-likeness (QED) is 0.488. The highest BCUT2D eigenvalue weighted by Gasteiger charge is 2.49. The number of ether oxygens (including phenoxy) is 1. The highest BCUT2D eigenvalue weighted by Crippen LogP contribution is 2.48. The van der Waals surface area contributed by atoms with Crippen LogP contribution in [-0.4, -0.2) is 30.8 Å². The summed E-state index contributed by atoms with van der Waals surface area (Å²) in [6.45, 7) is 0.291. The summed E-state index contributed by atoms with van der Waals surface area (Å²) in [6.07, 6.45) is 5.30. The number of hydrogen-bond donors (Lipinski definition) is 1. The Balaban J connectivity index is 2.09. The zero-order valence-electron chi connectivity index (χ0n) is 11.6. The highest BCUT2D eigenvalue weighted by atomic mass is 32.2. The van der Waals surface area contributed by atoms with E-state index >= 15 is 0 Å². The maximum atomic E-state index is 13.1. The fourth-order valence-electron chi connectivity index (χ4n) is 3.29. The Labute approximate surface area is 122 Å². The molecular weight excluding hydrogens is 306 g/mol. The van der Waals surface area contributed by atoms with E-state index in [4.69, 9.17) is 4.55 Å². The molecule has 0 saturated heterocycles. The normalized spacial score (nSPS) is 29.7. The summed E-state index contributed by atoms with van der Waals surface area (Å²) >= 11 is 0. The molecule has 0 aliphatic heterocycles. The van der Waals surface area contributed by atoms with E-state index in [1.54, 1.807) is 0 Å². The van der Waals surface area contributed by atoms with Crippen molar-refractivity contribution >= 4 is 16.1 Å². The lowest BCUT2D eigenvalue weighted by Gasteiger charge is -2.41. The number of carbonyl (C=O) groups excluding carboxylic acids is 1. The molecular formula is C13H18F2O5S. The van der Waals surface area contributed by atoms with Crippen molar-refractivity contribution in [2.45, 2.75) is 44.3 Å². The van der Waals surface area contributed by atoms with Crippen molar-refractivity contribution in [1.29, 1.82) is 0 Å². The molecule has 2 atom stereocenters. The van der Waals surface area contributed by atoms with Crippen molar-refractivity contribution in [3.05, 3.63) is 11.6 Å². The third-order valence-electron chi connectivity index (χ3n) is 4.13. The molecule has 2 bridgehead atoms. The molecule has 0 radical (unpaired) electrons. The molecule has 0 spiro atoms. The molecule has 1 saturated carbocycles. The van der Waals surface area contributed by atoms with Crippen molar-refractivity contribution in [1.82, 2.24) is 0 Å². The minimum Gasteiger partial charge on any atom is -0.458 e. The molecule has 0 aromatic carbocycles. The van der Waals surface area contributed by atoms with E-state index in [1.807, 2.05) is 6.92 Å². The second-order valence-electron chi connectivity index (χ2n) is 6.01. The lowest BCUT2D eigenvalue weighted by atomic mass is 9.64. The van der Waals surface area contributed by atoms with Gasteiger partial charge in [0.15, 0.2) is 6.61 Å². The van der Waals surface area contributed by atoms with Crippen LogP contribution in [0.25, 0.3) is 0 Å². The smallest absolute Gasteiger partial charge is 0.402 e. The average Bonchev–Trinajstić information content (AvgIpc) is 2.33. The molecule has 21 heavy (non-hydrogen) atoms. The number of alkyl halides is 2. The predicted molar refractivity (Wildman–Crippen MR) is 70.2 cm³/mol. The first-order chi connectivity index (χ1) is 9.56. The summed E-state index contributed by atoms with van der Waals surface area (Å²) in [6, 6.07) is 0. The molecule has 1 fully saturated rings. The summed E-state index contributed by atoms with van der Waals surface area (Å²) in [5, 5.41) is -4.48. The SMILES string of the molecule is CC1C=C2CCCC(C(=O)OCC(F)(F)S(=O)(=O)O)(C2)C1. The second-order valence-corrected chi connectivity index (χ2v) is 7.55. The van der Waals surface area contributed by atoms with Crippen LogP contribution >= 0.6 is 0 Å². The van der Waals surface area contributed by atoms with Crippen molar-refractivity contribution in [2.24, 2.45) is 11.3 Å². The lowest BCUT2D eigenvalue weighted by Crippen LogP contribution is -2.42. The highest BCUT2D eigenvalue weighted by molar-refractivity contribution is 7.86. The van der Waals surface area contributed by atoms with Gasteiger partial charge in [-0.1, -0.05) is 18.6 Å². The van der Waals surface area contributed by atoms with E-state index in [9.17, 15) is 22.0 Å². The van der Waals surface area contributed by atoms with Crippen LogP contribution in [0.4, 0.5) is 8.78 Å². The Morgan fingerprint density at radius 2 is 2.24 bits per heavy atom. The van der Waals surface area contributed by atoms with Gasteiger partial charge in [-0.25, -0.2) is 0 Å². The number of esters is 1. The Morgan fingerprint density at radius 1 is 1.57 bits per heavy atom. The maximum Gasteiger partial charge on any atom is 0.402 e. The van der Waals surface area contributed by atoms with E-state index in [0.717, 1.165) is 18.4 Å². The van der Waals surface area contributed by atoms with E-state index in [2.05, 4.69) is 10.8 Å². The molecule has 120 valence electrons. The summed E-state index contributed by atoms with van der Waals surface area (Å²) in [5.74, 6) is -0.647. The lowest BCUT2D eigenvalue weighted by molar-refractivity contribution is -0.164. The molecule has 2 unspecified atom stereocenters. The van der Waals surface area contributed by atoms with Gasteiger partial charge >= 0.3 is 21.3 Å². The largest absolute Gasteiger partial charge is 0.458 e. The first kappa shape index (κ1) is 16.4. The molecule has 1 N–H and O–H groups in total. The number of hydrogen-bond acceptors (Lipinski definition) is 4. The van der Waals surface area contributed by atoms with Crippen molar-refractivity contribution < 1.29 is 31.3 Å². The van der Waals surface area contributed by atoms with E-state index in [1.165, 1.54) is 0 Å². The summed E-state index contributed by atoms with van der Waals surface area (Å²) in [7, 11) is -5.58. The molecule has 2 aliphatic rings. The number of fused-ring (bicyclic) bond motifs is 2. The van der Waals surface area contributed by atoms with Crippen LogP contribution in [0, 0.1) is 11.3 Å². The van der Waals surface area contributed by atoms with Gasteiger partial charge in [0.1, 0.15) is 0 Å². The maximum absolute atomic E-state index is 13.1. The van der Waals surface area contributed by atoms with Crippen LogP contribution < -0.4 is 0 Å². The van der Waals surface area contributed by atoms with Gasteiger partial charge in [0.25, 0.3) is 0 Å². The topological polar surface area (TPSA) is 80.7 Å². The fourth-order valence-corrected chi connectivity index (χ4v) is 3.50. The standard InChI is InChI=1S/C13H18F2O5S/c1-9-5-10-3-2-4-12(6-9,7-10)11(16)20-8-13(14,15)21(17,18)19/h5,9H,2-4,6-8H2,1H3,(H,17,18,19). The molecule has 0 aromatic heterocycles. The number of rotatable bonds is 4. The van der Waals surface area contributed by atoms with Gasteiger partial charge in [0.2, 0.25) is 0 Å². The first-order valence-corrected chi connectivity index (χ1v) is 8.21. The van der Waals surface area contributed by atoms with Crippen LogP contribution in [-0.2, 0) is 19.6 Å². The minimum atomic E-state index is -5.58. The molecule has 0 aromatic rings. The second kappa shape index (κ2) is 5.31. The van der Waals surface area contributed by atoms with Crippen molar-refractivity contribution in [2.75, 3.05) is 6.61 Å². The minimum absolute atomic E-state index is 0.156. The molecule has 0 heterocycles. The summed E-state index contributed by atoms with van der Waals surface area (Å²) < 4.78 is 60.2. The summed E-state index contributed by atoms with van der Waals surface area (Å²) in [4.78, 5) is 12.2. The van der Waals surface area contributed by atoms with E-state index < -0.39 is 33.4 Å². The molecule has 5 nitrogen and oxygen atoms in total. The Morgan fingerprint density at radius 3 is 2.86 bits per heavy atom. The average molecular weight is 324 g/mol. The Hall–Kier alpha value is -1.02. The van der Waals surface area contributed by atoms with Gasteiger partial charge in [-0.2, -0.15) is 17.2 Å². The van der Waals surface area contributed by atoms with Gasteiger partial charge in [-0.15, -0.1) is 0 Å². The zero-order valence-corrected chi connectivity index (χ0v) is 12.5. The van der Waals surface area contributed by atoms with Gasteiger partial charge in [-0.3, -0.25) is 9.35 Å². The van der Waals surface area contributed by atoms with Crippen molar-refractivity contribution in [3.8, 4) is 0 Å². The summed E-state index contributed by atoms with van der Waals surface area (Å²) in [5.41, 5.74) is 0.287. The van der Waals surface area contributed by atoms with E-state index in [0.29, 0.717) is 19.3 Å². The van der Waals surface area contributed by atoms with E-state index in [-0.39, 0.29) is 5.92 Å². The first-order valence-electron chi connectivity index (χ1n) is 6.77. The zero-order chi connectivity index (χ0) is 15.9. The molecule has 8 heteroatoms. The van der Waals surface area contributed by atoms with Crippen molar-refractivity contribution in [3.63, 3.8) is 0 Å². The third kappa shape index (κ3) is 3.26.